The van der Waals surface area contributed by atoms with Crippen LogP contribution in [0.25, 0.3) is 22.5 Å². The SMILES string of the molecule is CNc1cnnc(-c2ccc3c(c2)oc(=O)n3C)n1. The Balaban J connectivity index is 2.17. The average Bonchev–Trinajstić information content (AvgIpc) is 2.73. The average molecular weight is 257 g/mol. The number of oxazole rings is 1. The predicted molar refractivity (Wildman–Crippen MR) is 69.8 cm³/mol. The molecule has 0 fully saturated rings. The van der Waals surface area contributed by atoms with E-state index in [1.807, 2.05) is 6.07 Å². The molecule has 0 atom stereocenters. The number of aromatic nitrogens is 4. The molecule has 2 heterocycles. The Kier molecular flexibility index (Phi) is 2.52. The summed E-state index contributed by atoms with van der Waals surface area (Å²) in [5, 5.41) is 10.7. The summed E-state index contributed by atoms with van der Waals surface area (Å²) in [6.45, 7) is 0. The molecule has 0 bridgehead atoms. The molecule has 1 aromatic carbocycles. The van der Waals surface area contributed by atoms with Crippen molar-refractivity contribution in [1.82, 2.24) is 19.7 Å². The van der Waals surface area contributed by atoms with E-state index in [0.717, 1.165) is 11.1 Å². The number of fused-ring (bicyclic) bond motifs is 1. The number of nitrogens with zero attached hydrogens (tertiary/aromatic N) is 4. The molecule has 0 saturated heterocycles. The lowest BCUT2D eigenvalue weighted by Crippen LogP contribution is -2.08. The molecule has 0 aliphatic carbocycles. The van der Waals surface area contributed by atoms with Gasteiger partial charge in [-0.15, -0.1) is 5.10 Å². The number of nitrogens with one attached hydrogen (secondary N) is 1. The number of hydrogen-bond acceptors (Lipinski definition) is 6. The minimum Gasteiger partial charge on any atom is -0.408 e. The summed E-state index contributed by atoms with van der Waals surface area (Å²) in [7, 11) is 3.42. The third-order valence-corrected chi connectivity index (χ3v) is 2.87. The van der Waals surface area contributed by atoms with Crippen LogP contribution in [0.4, 0.5) is 5.82 Å². The summed E-state index contributed by atoms with van der Waals surface area (Å²) in [5.41, 5.74) is 1.97. The summed E-state index contributed by atoms with van der Waals surface area (Å²) >= 11 is 0. The highest BCUT2D eigenvalue weighted by atomic mass is 16.4. The zero-order valence-corrected chi connectivity index (χ0v) is 10.4. The molecule has 1 N–H and O–H groups in total. The van der Waals surface area contributed by atoms with Gasteiger partial charge in [-0.05, 0) is 18.2 Å². The molecule has 0 saturated carbocycles. The van der Waals surface area contributed by atoms with Gasteiger partial charge in [-0.3, -0.25) is 4.57 Å². The predicted octanol–water partition coefficient (Wildman–Crippen LogP) is 1.03. The van der Waals surface area contributed by atoms with Crippen LogP contribution < -0.4 is 11.1 Å². The number of aryl methyl sites for hydroxylation is 1. The van der Waals surface area contributed by atoms with E-state index in [1.54, 1.807) is 26.2 Å². The van der Waals surface area contributed by atoms with Gasteiger partial charge in [0, 0.05) is 19.7 Å². The molecule has 96 valence electrons. The van der Waals surface area contributed by atoms with E-state index in [1.165, 1.54) is 10.8 Å². The minimum absolute atomic E-state index is 0.393. The normalized spacial score (nSPS) is 10.8. The molecule has 2 aromatic heterocycles. The van der Waals surface area contributed by atoms with Gasteiger partial charge in [-0.2, -0.15) is 5.10 Å². The van der Waals surface area contributed by atoms with Gasteiger partial charge in [-0.25, -0.2) is 9.78 Å². The molecule has 0 spiro atoms. The Hall–Kier alpha value is -2.70. The number of anilines is 1. The fourth-order valence-corrected chi connectivity index (χ4v) is 1.82. The third kappa shape index (κ3) is 1.85. The van der Waals surface area contributed by atoms with Crippen molar-refractivity contribution < 1.29 is 4.42 Å². The molecule has 0 radical (unpaired) electrons. The van der Waals surface area contributed by atoms with Crippen molar-refractivity contribution in [2.24, 2.45) is 7.05 Å². The van der Waals surface area contributed by atoms with Crippen LogP contribution in [0.5, 0.6) is 0 Å². The molecule has 3 aromatic rings. The molecule has 7 heteroatoms. The monoisotopic (exact) mass is 257 g/mol. The highest BCUT2D eigenvalue weighted by molar-refractivity contribution is 5.78. The van der Waals surface area contributed by atoms with Crippen molar-refractivity contribution in [3.8, 4) is 11.4 Å². The van der Waals surface area contributed by atoms with E-state index in [0.29, 0.717) is 17.2 Å². The Morgan fingerprint density at radius 1 is 1.37 bits per heavy atom. The van der Waals surface area contributed by atoms with Crippen molar-refractivity contribution in [2.45, 2.75) is 0 Å². The molecular weight excluding hydrogens is 246 g/mol. The molecule has 3 rings (SSSR count). The molecule has 19 heavy (non-hydrogen) atoms. The maximum atomic E-state index is 11.4. The maximum absolute atomic E-state index is 11.4. The van der Waals surface area contributed by atoms with Crippen molar-refractivity contribution in [1.29, 1.82) is 0 Å². The standard InChI is InChI=1S/C12H11N5O2/c1-13-10-6-14-16-11(15-10)7-3-4-8-9(5-7)19-12(18)17(8)2/h3-6H,1-2H3,(H,13,15,16). The van der Waals surface area contributed by atoms with Crippen LogP contribution in [0.1, 0.15) is 0 Å². The van der Waals surface area contributed by atoms with Gasteiger partial charge in [0.25, 0.3) is 0 Å². The van der Waals surface area contributed by atoms with Crippen molar-refractivity contribution in [3.05, 3.63) is 34.9 Å². The van der Waals surface area contributed by atoms with E-state index in [2.05, 4.69) is 20.5 Å². The van der Waals surface area contributed by atoms with Crippen molar-refractivity contribution in [2.75, 3.05) is 12.4 Å². The summed E-state index contributed by atoms with van der Waals surface area (Å²) in [6.07, 6.45) is 1.53. The number of rotatable bonds is 2. The van der Waals surface area contributed by atoms with Gasteiger partial charge in [0.1, 0.15) is 5.82 Å². The van der Waals surface area contributed by atoms with E-state index >= 15 is 0 Å². The van der Waals surface area contributed by atoms with Crippen LogP contribution in [0.15, 0.2) is 33.6 Å². The van der Waals surface area contributed by atoms with Crippen molar-refractivity contribution in [3.63, 3.8) is 0 Å². The lowest BCUT2D eigenvalue weighted by Gasteiger charge is -2.01. The van der Waals surface area contributed by atoms with E-state index in [9.17, 15) is 4.79 Å². The first-order valence-corrected chi connectivity index (χ1v) is 5.66. The minimum atomic E-state index is -0.393. The second-order valence-electron chi connectivity index (χ2n) is 4.02. The molecular formula is C12H11N5O2. The largest absolute Gasteiger partial charge is 0.419 e. The second kappa shape index (κ2) is 4.20. The number of benzene rings is 1. The van der Waals surface area contributed by atoms with Crippen LogP contribution in [-0.2, 0) is 7.05 Å². The van der Waals surface area contributed by atoms with Gasteiger partial charge in [0.05, 0.1) is 11.7 Å². The van der Waals surface area contributed by atoms with E-state index in [-0.39, 0.29) is 0 Å². The van der Waals surface area contributed by atoms with Crippen LogP contribution in [-0.4, -0.2) is 26.8 Å². The molecule has 0 unspecified atom stereocenters. The Bertz CT molecular complexity index is 805. The Morgan fingerprint density at radius 2 is 2.21 bits per heavy atom. The van der Waals surface area contributed by atoms with Gasteiger partial charge >= 0.3 is 5.76 Å². The van der Waals surface area contributed by atoms with E-state index < -0.39 is 5.76 Å². The highest BCUT2D eigenvalue weighted by Gasteiger charge is 2.09. The smallest absolute Gasteiger partial charge is 0.408 e. The zero-order valence-electron chi connectivity index (χ0n) is 10.4. The lowest BCUT2D eigenvalue weighted by molar-refractivity contribution is 0.528. The van der Waals surface area contributed by atoms with Gasteiger partial charge in [-0.1, -0.05) is 0 Å². The topological polar surface area (TPSA) is 85.8 Å². The molecule has 0 amide bonds. The van der Waals surface area contributed by atoms with Crippen molar-refractivity contribution >= 4 is 16.9 Å². The van der Waals surface area contributed by atoms with Crippen LogP contribution in [0.2, 0.25) is 0 Å². The van der Waals surface area contributed by atoms with Gasteiger partial charge in [0.15, 0.2) is 11.4 Å². The Morgan fingerprint density at radius 3 is 3.00 bits per heavy atom. The Labute approximate surface area is 107 Å². The maximum Gasteiger partial charge on any atom is 0.419 e. The van der Waals surface area contributed by atoms with E-state index in [4.69, 9.17) is 4.42 Å². The van der Waals surface area contributed by atoms with Crippen LogP contribution in [0, 0.1) is 0 Å². The fraction of sp³-hybridized carbons (Fsp3) is 0.167. The summed E-state index contributed by atoms with van der Waals surface area (Å²) in [6, 6.07) is 5.35. The molecule has 0 aliphatic rings. The second-order valence-corrected chi connectivity index (χ2v) is 4.02. The van der Waals surface area contributed by atoms with Crippen LogP contribution >= 0.6 is 0 Å². The summed E-state index contributed by atoms with van der Waals surface area (Å²) in [4.78, 5) is 15.7. The van der Waals surface area contributed by atoms with Gasteiger partial charge in [0.2, 0.25) is 0 Å². The fourth-order valence-electron chi connectivity index (χ4n) is 1.82. The third-order valence-electron chi connectivity index (χ3n) is 2.87. The zero-order chi connectivity index (χ0) is 13.4. The summed E-state index contributed by atoms with van der Waals surface area (Å²) < 4.78 is 6.58. The summed E-state index contributed by atoms with van der Waals surface area (Å²) in [5.74, 6) is 0.704. The molecule has 7 nitrogen and oxygen atoms in total. The first kappa shape index (κ1) is 11.4. The quantitative estimate of drug-likeness (QED) is 0.737. The van der Waals surface area contributed by atoms with Gasteiger partial charge < -0.3 is 9.73 Å². The van der Waals surface area contributed by atoms with Crippen LogP contribution in [0.3, 0.4) is 0 Å². The lowest BCUT2D eigenvalue weighted by atomic mass is 10.2. The number of hydrogen-bond donors (Lipinski definition) is 1. The first-order valence-electron chi connectivity index (χ1n) is 5.66. The first-order chi connectivity index (χ1) is 9.19. The highest BCUT2D eigenvalue weighted by Crippen LogP contribution is 2.21. The molecule has 0 aliphatic heterocycles.